The van der Waals surface area contributed by atoms with E-state index < -0.39 is 0 Å². The van der Waals surface area contributed by atoms with Crippen LogP contribution in [0.5, 0.6) is 5.75 Å². The lowest BCUT2D eigenvalue weighted by Crippen LogP contribution is -2.42. The predicted octanol–water partition coefficient (Wildman–Crippen LogP) is 1.79. The molecular weight excluding hydrogens is 292 g/mol. The molecule has 0 aliphatic heterocycles. The molecule has 2 aromatic rings. The Bertz CT molecular complexity index is 653. The Morgan fingerprint density at radius 2 is 2.09 bits per heavy atom. The Labute approximate surface area is 137 Å². The molecule has 2 rings (SSSR count). The van der Waals surface area contributed by atoms with Crippen LogP contribution in [-0.4, -0.2) is 59.8 Å². The molecule has 0 saturated heterocycles. The fraction of sp³-hybridized carbons (Fsp3) is 0.412. The van der Waals surface area contributed by atoms with Gasteiger partial charge in [0.1, 0.15) is 5.75 Å². The third-order valence-corrected chi connectivity index (χ3v) is 3.92. The van der Waals surface area contributed by atoms with Crippen LogP contribution in [-0.2, 0) is 11.3 Å². The van der Waals surface area contributed by atoms with Crippen LogP contribution in [0.4, 0.5) is 0 Å². The van der Waals surface area contributed by atoms with Crippen molar-refractivity contribution in [2.24, 2.45) is 0 Å². The number of hydrogen-bond acceptors (Lipinski definition) is 4. The molecule has 1 aromatic heterocycles. The molecule has 0 saturated carbocycles. The van der Waals surface area contributed by atoms with Crippen molar-refractivity contribution >= 4 is 5.91 Å². The first-order valence-corrected chi connectivity index (χ1v) is 7.52. The van der Waals surface area contributed by atoms with E-state index in [9.17, 15) is 4.79 Å². The summed E-state index contributed by atoms with van der Waals surface area (Å²) in [4.78, 5) is 15.8. The fourth-order valence-corrected chi connectivity index (χ4v) is 2.42. The van der Waals surface area contributed by atoms with Gasteiger partial charge in [0, 0.05) is 33.0 Å². The molecule has 0 N–H and O–H groups in total. The Morgan fingerprint density at radius 3 is 2.65 bits per heavy atom. The number of benzene rings is 1. The average Bonchev–Trinajstić information content (AvgIpc) is 3.07. The number of hydrogen-bond donors (Lipinski definition) is 0. The summed E-state index contributed by atoms with van der Waals surface area (Å²) in [7, 11) is 7.13. The van der Waals surface area contributed by atoms with E-state index in [2.05, 4.69) is 5.10 Å². The number of rotatable bonds is 6. The van der Waals surface area contributed by atoms with Crippen LogP contribution >= 0.6 is 0 Å². The van der Waals surface area contributed by atoms with Gasteiger partial charge in [-0.3, -0.25) is 9.69 Å². The highest BCUT2D eigenvalue weighted by molar-refractivity contribution is 5.80. The number of aromatic nitrogens is 2. The Kier molecular flexibility index (Phi) is 5.39. The maximum absolute atomic E-state index is 12.2. The normalized spacial score (nSPS) is 12.3. The number of ether oxygens (including phenoxy) is 1. The van der Waals surface area contributed by atoms with Crippen molar-refractivity contribution < 1.29 is 9.53 Å². The zero-order valence-corrected chi connectivity index (χ0v) is 14.4. The molecule has 0 spiro atoms. The van der Waals surface area contributed by atoms with Gasteiger partial charge in [-0.05, 0) is 43.8 Å². The Balaban J connectivity index is 2.29. The third kappa shape index (κ3) is 3.90. The van der Waals surface area contributed by atoms with E-state index in [0.29, 0.717) is 6.54 Å². The second-order valence-electron chi connectivity index (χ2n) is 5.77. The van der Waals surface area contributed by atoms with Crippen LogP contribution in [0.1, 0.15) is 12.5 Å². The lowest BCUT2D eigenvalue weighted by atomic mass is 10.1. The quantitative estimate of drug-likeness (QED) is 0.815. The van der Waals surface area contributed by atoms with Gasteiger partial charge >= 0.3 is 0 Å². The average molecular weight is 316 g/mol. The van der Waals surface area contributed by atoms with Gasteiger partial charge in [0.2, 0.25) is 5.91 Å². The second kappa shape index (κ2) is 7.28. The molecule has 1 unspecified atom stereocenters. The molecule has 0 radical (unpaired) electrons. The van der Waals surface area contributed by atoms with Crippen LogP contribution < -0.4 is 4.74 Å². The number of carbonyl (C=O) groups is 1. The highest BCUT2D eigenvalue weighted by Crippen LogP contribution is 2.22. The van der Waals surface area contributed by atoms with Gasteiger partial charge in [0.05, 0.1) is 18.8 Å². The van der Waals surface area contributed by atoms with Gasteiger partial charge in [-0.15, -0.1) is 0 Å². The molecule has 1 atom stereocenters. The molecule has 0 aliphatic rings. The number of carbonyl (C=O) groups excluding carboxylic acids is 1. The van der Waals surface area contributed by atoms with Gasteiger partial charge in [0.15, 0.2) is 0 Å². The van der Waals surface area contributed by atoms with Crippen LogP contribution in [0.25, 0.3) is 5.69 Å². The Morgan fingerprint density at radius 1 is 1.35 bits per heavy atom. The van der Waals surface area contributed by atoms with Crippen molar-refractivity contribution in [3.05, 3.63) is 42.2 Å². The van der Waals surface area contributed by atoms with Gasteiger partial charge in [-0.2, -0.15) is 5.10 Å². The zero-order chi connectivity index (χ0) is 17.0. The summed E-state index contributed by atoms with van der Waals surface area (Å²) in [6, 6.07) is 7.56. The first-order valence-electron chi connectivity index (χ1n) is 7.52. The van der Waals surface area contributed by atoms with Crippen molar-refractivity contribution in [2.45, 2.75) is 19.5 Å². The molecule has 0 bridgehead atoms. The van der Waals surface area contributed by atoms with Gasteiger partial charge in [0.25, 0.3) is 0 Å². The highest BCUT2D eigenvalue weighted by atomic mass is 16.5. The van der Waals surface area contributed by atoms with Crippen LogP contribution in [0, 0.1) is 0 Å². The summed E-state index contributed by atoms with van der Waals surface area (Å²) < 4.78 is 7.15. The van der Waals surface area contributed by atoms with Gasteiger partial charge in [-0.25, -0.2) is 4.68 Å². The largest absolute Gasteiger partial charge is 0.497 e. The molecule has 6 heteroatoms. The standard InChI is InChI=1S/C17H24N4O2/c1-13(17(22)19(2)3)20(4)12-14-11-15(23-5)7-8-16(14)21-10-6-9-18-21/h6-11,13H,12H2,1-5H3. The van der Waals surface area contributed by atoms with E-state index in [-0.39, 0.29) is 11.9 Å². The van der Waals surface area contributed by atoms with E-state index in [1.807, 2.05) is 54.0 Å². The van der Waals surface area contributed by atoms with Gasteiger partial charge in [-0.1, -0.05) is 0 Å². The minimum Gasteiger partial charge on any atom is -0.497 e. The molecule has 1 heterocycles. The van der Waals surface area contributed by atoms with Gasteiger partial charge < -0.3 is 9.64 Å². The first-order chi connectivity index (χ1) is 10.9. The van der Waals surface area contributed by atoms with Crippen molar-refractivity contribution in [1.82, 2.24) is 19.6 Å². The monoisotopic (exact) mass is 316 g/mol. The minimum atomic E-state index is -0.207. The van der Waals surface area contributed by atoms with Crippen LogP contribution in [0.2, 0.25) is 0 Å². The number of methoxy groups -OCH3 is 1. The van der Waals surface area contributed by atoms with E-state index >= 15 is 0 Å². The molecule has 6 nitrogen and oxygen atoms in total. The lowest BCUT2D eigenvalue weighted by Gasteiger charge is -2.27. The summed E-state index contributed by atoms with van der Waals surface area (Å²) in [5, 5.41) is 4.30. The summed E-state index contributed by atoms with van der Waals surface area (Å²) in [5.41, 5.74) is 2.03. The summed E-state index contributed by atoms with van der Waals surface area (Å²) in [6.45, 7) is 2.53. The summed E-state index contributed by atoms with van der Waals surface area (Å²) in [5.74, 6) is 0.868. The molecule has 23 heavy (non-hydrogen) atoms. The van der Waals surface area contributed by atoms with Crippen molar-refractivity contribution in [2.75, 3.05) is 28.3 Å². The molecular formula is C17H24N4O2. The second-order valence-corrected chi connectivity index (χ2v) is 5.77. The molecule has 124 valence electrons. The lowest BCUT2D eigenvalue weighted by molar-refractivity contribution is -0.133. The molecule has 1 amide bonds. The molecule has 0 fully saturated rings. The van der Waals surface area contributed by atoms with Crippen molar-refractivity contribution in [3.8, 4) is 11.4 Å². The fourth-order valence-electron chi connectivity index (χ4n) is 2.42. The smallest absolute Gasteiger partial charge is 0.239 e. The molecule has 0 aliphatic carbocycles. The van der Waals surface area contributed by atoms with E-state index in [1.54, 1.807) is 32.3 Å². The summed E-state index contributed by atoms with van der Waals surface area (Å²) >= 11 is 0. The Hall–Kier alpha value is -2.34. The topological polar surface area (TPSA) is 50.6 Å². The molecule has 1 aromatic carbocycles. The number of nitrogens with zero attached hydrogens (tertiary/aromatic N) is 4. The van der Waals surface area contributed by atoms with E-state index in [0.717, 1.165) is 17.0 Å². The third-order valence-electron chi connectivity index (χ3n) is 3.92. The maximum Gasteiger partial charge on any atom is 0.239 e. The SMILES string of the molecule is COc1ccc(-n2cccn2)c(CN(C)C(C)C(=O)N(C)C)c1. The van der Waals surface area contributed by atoms with Crippen molar-refractivity contribution in [3.63, 3.8) is 0 Å². The minimum absolute atomic E-state index is 0.0797. The van der Waals surface area contributed by atoms with E-state index in [1.165, 1.54) is 0 Å². The summed E-state index contributed by atoms with van der Waals surface area (Å²) in [6.07, 6.45) is 3.65. The first kappa shape index (κ1) is 17.0. The van der Waals surface area contributed by atoms with Crippen molar-refractivity contribution in [1.29, 1.82) is 0 Å². The van der Waals surface area contributed by atoms with Crippen LogP contribution in [0.3, 0.4) is 0 Å². The number of amides is 1. The van der Waals surface area contributed by atoms with E-state index in [4.69, 9.17) is 4.74 Å². The highest BCUT2D eigenvalue weighted by Gasteiger charge is 2.21. The predicted molar refractivity (Wildman–Crippen MR) is 89.7 cm³/mol. The maximum atomic E-state index is 12.2. The number of likely N-dealkylation sites (N-methyl/N-ethyl adjacent to an activating group) is 2. The van der Waals surface area contributed by atoms with Crippen LogP contribution in [0.15, 0.2) is 36.7 Å². The zero-order valence-electron chi connectivity index (χ0n) is 14.4.